The van der Waals surface area contributed by atoms with Gasteiger partial charge in [0.05, 0.1) is 12.5 Å². The Morgan fingerprint density at radius 2 is 1.81 bits per heavy atom. The molecular formula is C15H26N4O2. The lowest BCUT2D eigenvalue weighted by molar-refractivity contribution is -0.139. The summed E-state index contributed by atoms with van der Waals surface area (Å²) in [5, 5.41) is 2.64. The SMILES string of the molecule is CNC(=O)CN1CCN(C(=O)C2C3CCC(C3)C2N)CC1. The number of piperazine rings is 1. The molecule has 6 nitrogen and oxygen atoms in total. The summed E-state index contributed by atoms with van der Waals surface area (Å²) in [6, 6.07) is 0.0696. The zero-order chi connectivity index (χ0) is 15.0. The molecule has 118 valence electrons. The van der Waals surface area contributed by atoms with Crippen molar-refractivity contribution in [2.45, 2.75) is 25.3 Å². The summed E-state index contributed by atoms with van der Waals surface area (Å²) < 4.78 is 0. The molecule has 0 spiro atoms. The van der Waals surface area contributed by atoms with Crippen LogP contribution in [-0.2, 0) is 9.59 Å². The van der Waals surface area contributed by atoms with Gasteiger partial charge in [-0.25, -0.2) is 0 Å². The van der Waals surface area contributed by atoms with Gasteiger partial charge in [0.15, 0.2) is 0 Å². The summed E-state index contributed by atoms with van der Waals surface area (Å²) in [4.78, 5) is 28.2. The van der Waals surface area contributed by atoms with E-state index in [9.17, 15) is 9.59 Å². The summed E-state index contributed by atoms with van der Waals surface area (Å²) in [6.07, 6.45) is 3.52. The average molecular weight is 294 g/mol. The van der Waals surface area contributed by atoms with Crippen LogP contribution in [0.5, 0.6) is 0 Å². The quantitative estimate of drug-likeness (QED) is 0.718. The third kappa shape index (κ3) is 2.79. The summed E-state index contributed by atoms with van der Waals surface area (Å²) in [7, 11) is 1.65. The van der Waals surface area contributed by atoms with E-state index < -0.39 is 0 Å². The average Bonchev–Trinajstić information content (AvgIpc) is 3.08. The Balaban J connectivity index is 1.52. The first-order valence-electron chi connectivity index (χ1n) is 8.07. The number of rotatable bonds is 3. The molecule has 2 amide bonds. The lowest BCUT2D eigenvalue weighted by atomic mass is 9.84. The zero-order valence-corrected chi connectivity index (χ0v) is 12.8. The molecule has 0 aromatic heterocycles. The van der Waals surface area contributed by atoms with E-state index in [-0.39, 0.29) is 23.8 Å². The van der Waals surface area contributed by atoms with Crippen molar-refractivity contribution >= 4 is 11.8 Å². The minimum atomic E-state index is 0.0323. The Bertz CT molecular complexity index is 418. The van der Waals surface area contributed by atoms with Gasteiger partial charge in [-0.3, -0.25) is 14.5 Å². The minimum absolute atomic E-state index is 0.0323. The molecule has 6 heteroatoms. The lowest BCUT2D eigenvalue weighted by Crippen LogP contribution is -2.54. The van der Waals surface area contributed by atoms with E-state index in [0.29, 0.717) is 18.4 Å². The molecule has 3 aliphatic rings. The molecule has 0 aromatic rings. The van der Waals surface area contributed by atoms with Crippen molar-refractivity contribution in [1.29, 1.82) is 0 Å². The van der Waals surface area contributed by atoms with Crippen molar-refractivity contribution < 1.29 is 9.59 Å². The fourth-order valence-corrected chi connectivity index (χ4v) is 4.32. The number of nitrogens with two attached hydrogens (primary N) is 1. The number of amides is 2. The van der Waals surface area contributed by atoms with Crippen LogP contribution >= 0.6 is 0 Å². The molecular weight excluding hydrogens is 268 g/mol. The van der Waals surface area contributed by atoms with Gasteiger partial charge in [0.25, 0.3) is 0 Å². The van der Waals surface area contributed by atoms with Gasteiger partial charge in [0, 0.05) is 39.3 Å². The normalized spacial score (nSPS) is 36.0. The van der Waals surface area contributed by atoms with Gasteiger partial charge in [-0.2, -0.15) is 0 Å². The highest BCUT2D eigenvalue weighted by Crippen LogP contribution is 2.48. The summed E-state index contributed by atoms with van der Waals surface area (Å²) in [6.45, 7) is 3.41. The van der Waals surface area contributed by atoms with Gasteiger partial charge in [0.1, 0.15) is 0 Å². The Kier molecular flexibility index (Phi) is 4.17. The fourth-order valence-electron chi connectivity index (χ4n) is 4.32. The molecule has 1 aliphatic heterocycles. The van der Waals surface area contributed by atoms with Crippen LogP contribution in [0.25, 0.3) is 0 Å². The summed E-state index contributed by atoms with van der Waals surface area (Å²) in [5.74, 6) is 1.42. The van der Waals surface area contributed by atoms with E-state index in [1.165, 1.54) is 12.8 Å². The van der Waals surface area contributed by atoms with Gasteiger partial charge in [-0.05, 0) is 31.1 Å². The predicted octanol–water partition coefficient (Wildman–Crippen LogP) is -0.750. The molecule has 4 unspecified atom stereocenters. The number of carbonyl (C=O) groups excluding carboxylic acids is 2. The highest BCUT2D eigenvalue weighted by molar-refractivity contribution is 5.81. The Morgan fingerprint density at radius 3 is 2.38 bits per heavy atom. The molecule has 2 bridgehead atoms. The lowest BCUT2D eigenvalue weighted by Gasteiger charge is -2.38. The number of nitrogens with zero attached hydrogens (tertiary/aromatic N) is 2. The van der Waals surface area contributed by atoms with Crippen molar-refractivity contribution in [3.05, 3.63) is 0 Å². The van der Waals surface area contributed by atoms with Crippen LogP contribution < -0.4 is 11.1 Å². The maximum absolute atomic E-state index is 12.7. The van der Waals surface area contributed by atoms with Crippen molar-refractivity contribution in [2.24, 2.45) is 23.5 Å². The second-order valence-corrected chi connectivity index (χ2v) is 6.71. The second kappa shape index (κ2) is 5.93. The summed E-state index contributed by atoms with van der Waals surface area (Å²) >= 11 is 0. The van der Waals surface area contributed by atoms with Crippen molar-refractivity contribution in [3.8, 4) is 0 Å². The van der Waals surface area contributed by atoms with Crippen LogP contribution in [0.1, 0.15) is 19.3 Å². The molecule has 2 aliphatic carbocycles. The first-order chi connectivity index (χ1) is 10.1. The third-order valence-corrected chi connectivity index (χ3v) is 5.60. The van der Waals surface area contributed by atoms with Crippen molar-refractivity contribution in [3.63, 3.8) is 0 Å². The highest BCUT2D eigenvalue weighted by atomic mass is 16.2. The number of hydrogen-bond donors (Lipinski definition) is 2. The molecule has 2 saturated carbocycles. The molecule has 0 radical (unpaired) electrons. The van der Waals surface area contributed by atoms with E-state index in [1.807, 2.05) is 4.90 Å². The molecule has 3 N–H and O–H groups in total. The van der Waals surface area contributed by atoms with Crippen molar-refractivity contribution in [2.75, 3.05) is 39.8 Å². The minimum Gasteiger partial charge on any atom is -0.358 e. The fraction of sp³-hybridized carbons (Fsp3) is 0.867. The standard InChI is InChI=1S/C15H26N4O2/c1-17-12(20)9-18-4-6-19(7-5-18)15(21)13-10-2-3-11(8-10)14(13)16/h10-11,13-14H,2-9,16H2,1H3,(H,17,20). The molecule has 4 atom stereocenters. The van der Waals surface area contributed by atoms with E-state index in [0.717, 1.165) is 32.6 Å². The molecule has 0 aromatic carbocycles. The molecule has 1 saturated heterocycles. The number of hydrogen-bond acceptors (Lipinski definition) is 4. The Hall–Kier alpha value is -1.14. The Morgan fingerprint density at radius 1 is 1.14 bits per heavy atom. The van der Waals surface area contributed by atoms with E-state index >= 15 is 0 Å². The first kappa shape index (κ1) is 14.8. The molecule has 3 rings (SSSR count). The van der Waals surface area contributed by atoms with Crippen LogP contribution in [0.3, 0.4) is 0 Å². The van der Waals surface area contributed by atoms with Crippen LogP contribution in [-0.4, -0.2) is 67.4 Å². The number of fused-ring (bicyclic) bond motifs is 2. The van der Waals surface area contributed by atoms with Gasteiger partial charge >= 0.3 is 0 Å². The van der Waals surface area contributed by atoms with Gasteiger partial charge < -0.3 is 16.0 Å². The van der Waals surface area contributed by atoms with Crippen LogP contribution in [0, 0.1) is 17.8 Å². The van der Waals surface area contributed by atoms with Gasteiger partial charge in [-0.1, -0.05) is 0 Å². The summed E-state index contributed by atoms with van der Waals surface area (Å²) in [5.41, 5.74) is 6.27. The van der Waals surface area contributed by atoms with Crippen molar-refractivity contribution in [1.82, 2.24) is 15.1 Å². The van der Waals surface area contributed by atoms with Crippen LogP contribution in [0.4, 0.5) is 0 Å². The van der Waals surface area contributed by atoms with Crippen LogP contribution in [0.2, 0.25) is 0 Å². The smallest absolute Gasteiger partial charge is 0.233 e. The van der Waals surface area contributed by atoms with Gasteiger partial charge in [0.2, 0.25) is 11.8 Å². The molecule has 3 fully saturated rings. The van der Waals surface area contributed by atoms with E-state index in [2.05, 4.69) is 10.2 Å². The number of nitrogens with one attached hydrogen (secondary N) is 1. The Labute approximate surface area is 126 Å². The second-order valence-electron chi connectivity index (χ2n) is 6.71. The molecule has 1 heterocycles. The van der Waals surface area contributed by atoms with Gasteiger partial charge in [-0.15, -0.1) is 0 Å². The topological polar surface area (TPSA) is 78.7 Å². The number of likely N-dealkylation sites (N-methyl/N-ethyl adjacent to an activating group) is 1. The monoisotopic (exact) mass is 294 g/mol. The highest BCUT2D eigenvalue weighted by Gasteiger charge is 2.50. The third-order valence-electron chi connectivity index (χ3n) is 5.60. The molecule has 21 heavy (non-hydrogen) atoms. The largest absolute Gasteiger partial charge is 0.358 e. The number of carbonyl (C=O) groups is 2. The van der Waals surface area contributed by atoms with Crippen LogP contribution in [0.15, 0.2) is 0 Å². The van der Waals surface area contributed by atoms with E-state index in [4.69, 9.17) is 5.73 Å². The maximum atomic E-state index is 12.7. The maximum Gasteiger partial charge on any atom is 0.233 e. The van der Waals surface area contributed by atoms with E-state index in [1.54, 1.807) is 7.05 Å². The zero-order valence-electron chi connectivity index (χ0n) is 12.8. The predicted molar refractivity (Wildman–Crippen MR) is 79.4 cm³/mol. The first-order valence-corrected chi connectivity index (χ1v) is 8.07.